The second-order valence-electron chi connectivity index (χ2n) is 2.14. The fourth-order valence-corrected chi connectivity index (χ4v) is 3.54. The van der Waals surface area contributed by atoms with Crippen LogP contribution in [0.15, 0.2) is 26.0 Å². The van der Waals surface area contributed by atoms with Gasteiger partial charge >= 0.3 is 0 Å². The maximum atomic E-state index is 10.5. The maximum Gasteiger partial charge on any atom is 0.150 e. The summed E-state index contributed by atoms with van der Waals surface area (Å²) < 4.78 is 1.90. The Hall–Kier alpha value is 0.200. The van der Waals surface area contributed by atoms with Crippen molar-refractivity contribution in [3.63, 3.8) is 0 Å². The highest BCUT2D eigenvalue weighted by atomic mass is 79.9. The van der Waals surface area contributed by atoms with Gasteiger partial charge in [0.2, 0.25) is 0 Å². The van der Waals surface area contributed by atoms with Crippen LogP contribution in [0.4, 0.5) is 0 Å². The molecule has 0 saturated heterocycles. The quantitative estimate of drug-likeness (QED) is 0.611. The Morgan fingerprint density at radius 2 is 1.83 bits per heavy atom. The number of halogens is 2. The minimum atomic E-state index is 0.673. The van der Waals surface area contributed by atoms with E-state index in [9.17, 15) is 4.79 Å². The van der Waals surface area contributed by atoms with Crippen molar-refractivity contribution in [2.75, 3.05) is 6.26 Å². The number of thioether (sulfide) groups is 1. The largest absolute Gasteiger partial charge is 0.298 e. The molecule has 64 valence electrons. The Kier molecular flexibility index (Phi) is 3.80. The van der Waals surface area contributed by atoms with Crippen molar-refractivity contribution in [2.24, 2.45) is 0 Å². The molecular weight excluding hydrogens is 304 g/mol. The van der Waals surface area contributed by atoms with E-state index < -0.39 is 0 Å². The molecule has 0 fully saturated rings. The lowest BCUT2D eigenvalue weighted by atomic mass is 10.2. The molecule has 0 heterocycles. The molecule has 0 atom stereocenters. The first-order chi connectivity index (χ1) is 5.69. The van der Waals surface area contributed by atoms with Crippen molar-refractivity contribution in [2.45, 2.75) is 4.90 Å². The summed E-state index contributed by atoms with van der Waals surface area (Å²) in [6, 6.07) is 3.62. The molecule has 1 nitrogen and oxygen atoms in total. The van der Waals surface area contributed by atoms with Gasteiger partial charge in [-0.3, -0.25) is 4.79 Å². The Morgan fingerprint density at radius 3 is 2.17 bits per heavy atom. The number of carbonyl (C=O) groups is 1. The Labute approximate surface area is 92.2 Å². The molecule has 4 heteroatoms. The first-order valence-electron chi connectivity index (χ1n) is 3.17. The zero-order valence-electron chi connectivity index (χ0n) is 6.30. The van der Waals surface area contributed by atoms with Crippen molar-refractivity contribution in [3.8, 4) is 0 Å². The van der Waals surface area contributed by atoms with Crippen LogP contribution < -0.4 is 0 Å². The van der Waals surface area contributed by atoms with Gasteiger partial charge in [0.05, 0.1) is 0 Å². The molecule has 1 aromatic rings. The fourth-order valence-electron chi connectivity index (χ4n) is 0.843. The van der Waals surface area contributed by atoms with Crippen LogP contribution in [0.3, 0.4) is 0 Å². The summed E-state index contributed by atoms with van der Waals surface area (Å²) in [5, 5.41) is 0. The van der Waals surface area contributed by atoms with Crippen molar-refractivity contribution in [3.05, 3.63) is 26.6 Å². The maximum absolute atomic E-state index is 10.5. The molecule has 0 aromatic heterocycles. The highest BCUT2D eigenvalue weighted by Crippen LogP contribution is 2.33. The average molecular weight is 310 g/mol. The molecule has 1 aromatic carbocycles. The minimum absolute atomic E-state index is 0.673. The molecule has 1 rings (SSSR count). The van der Waals surface area contributed by atoms with Gasteiger partial charge in [-0.05, 0) is 50.2 Å². The lowest BCUT2D eigenvalue weighted by Crippen LogP contribution is -1.83. The predicted octanol–water partition coefficient (Wildman–Crippen LogP) is 3.75. The van der Waals surface area contributed by atoms with Gasteiger partial charge in [0.25, 0.3) is 0 Å². The van der Waals surface area contributed by atoms with E-state index in [1.807, 2.05) is 18.4 Å². The summed E-state index contributed by atoms with van der Waals surface area (Å²) in [6.45, 7) is 0. The number of rotatable bonds is 2. The van der Waals surface area contributed by atoms with E-state index in [2.05, 4.69) is 31.9 Å². The Balaban J connectivity index is 3.27. The molecule has 0 bridgehead atoms. The third kappa shape index (κ3) is 2.12. The van der Waals surface area contributed by atoms with Crippen LogP contribution in [0, 0.1) is 0 Å². The van der Waals surface area contributed by atoms with Gasteiger partial charge in [-0.25, -0.2) is 0 Å². The van der Waals surface area contributed by atoms with E-state index in [1.54, 1.807) is 11.8 Å². The van der Waals surface area contributed by atoms with Gasteiger partial charge < -0.3 is 0 Å². The summed E-state index contributed by atoms with van der Waals surface area (Å²) in [5.41, 5.74) is 0.673. The van der Waals surface area contributed by atoms with Crippen molar-refractivity contribution >= 4 is 49.9 Å². The van der Waals surface area contributed by atoms with E-state index in [4.69, 9.17) is 0 Å². The topological polar surface area (TPSA) is 17.1 Å². The van der Waals surface area contributed by atoms with Crippen LogP contribution in [0.5, 0.6) is 0 Å². The molecule has 0 saturated carbocycles. The van der Waals surface area contributed by atoms with Crippen LogP contribution >= 0.6 is 43.6 Å². The molecule has 12 heavy (non-hydrogen) atoms. The highest BCUT2D eigenvalue weighted by Gasteiger charge is 2.05. The zero-order valence-corrected chi connectivity index (χ0v) is 10.3. The van der Waals surface area contributed by atoms with Gasteiger partial charge in [-0.1, -0.05) is 0 Å². The lowest BCUT2D eigenvalue weighted by molar-refractivity contribution is 0.112. The third-order valence-corrected chi connectivity index (χ3v) is 3.98. The number of hydrogen-bond acceptors (Lipinski definition) is 2. The smallest absolute Gasteiger partial charge is 0.150 e. The zero-order chi connectivity index (χ0) is 9.14. The molecule has 0 radical (unpaired) electrons. The standard InChI is InChI=1S/C8H6Br2OS/c1-12-8-6(9)2-5(4-11)3-7(8)10/h2-4H,1H3. The van der Waals surface area contributed by atoms with E-state index in [1.165, 1.54) is 0 Å². The van der Waals surface area contributed by atoms with E-state index >= 15 is 0 Å². The van der Waals surface area contributed by atoms with Crippen molar-refractivity contribution < 1.29 is 4.79 Å². The fraction of sp³-hybridized carbons (Fsp3) is 0.125. The number of carbonyl (C=O) groups excluding carboxylic acids is 1. The number of benzene rings is 1. The summed E-state index contributed by atoms with van der Waals surface area (Å²) in [5.74, 6) is 0. The molecule has 0 spiro atoms. The second kappa shape index (κ2) is 4.44. The van der Waals surface area contributed by atoms with E-state index in [0.717, 1.165) is 20.1 Å². The van der Waals surface area contributed by atoms with Gasteiger partial charge in [0.15, 0.2) is 0 Å². The van der Waals surface area contributed by atoms with Gasteiger partial charge in [0, 0.05) is 19.4 Å². The normalized spacial score (nSPS) is 9.92. The average Bonchev–Trinajstić information content (AvgIpc) is 2.03. The number of aldehydes is 1. The van der Waals surface area contributed by atoms with Crippen LogP contribution in [-0.2, 0) is 0 Å². The summed E-state index contributed by atoms with van der Waals surface area (Å²) in [6.07, 6.45) is 2.82. The number of hydrogen-bond donors (Lipinski definition) is 0. The molecule has 0 unspecified atom stereocenters. The summed E-state index contributed by atoms with van der Waals surface area (Å²) in [4.78, 5) is 11.6. The Morgan fingerprint density at radius 1 is 1.33 bits per heavy atom. The van der Waals surface area contributed by atoms with Crippen molar-refractivity contribution in [1.82, 2.24) is 0 Å². The minimum Gasteiger partial charge on any atom is -0.298 e. The summed E-state index contributed by atoms with van der Waals surface area (Å²) in [7, 11) is 0. The molecule has 0 N–H and O–H groups in total. The van der Waals surface area contributed by atoms with Crippen molar-refractivity contribution in [1.29, 1.82) is 0 Å². The first kappa shape index (κ1) is 10.3. The van der Waals surface area contributed by atoms with Gasteiger partial charge in [0.1, 0.15) is 6.29 Å². The molecule has 0 amide bonds. The van der Waals surface area contributed by atoms with Crippen LogP contribution in [0.2, 0.25) is 0 Å². The molecule has 0 aliphatic heterocycles. The van der Waals surface area contributed by atoms with E-state index in [-0.39, 0.29) is 0 Å². The second-order valence-corrected chi connectivity index (χ2v) is 4.66. The molecule has 0 aliphatic rings. The first-order valence-corrected chi connectivity index (χ1v) is 5.98. The summed E-state index contributed by atoms with van der Waals surface area (Å²) >= 11 is 8.41. The van der Waals surface area contributed by atoms with Crippen LogP contribution in [-0.4, -0.2) is 12.5 Å². The van der Waals surface area contributed by atoms with Crippen LogP contribution in [0.25, 0.3) is 0 Å². The Bertz CT molecular complexity index is 289. The van der Waals surface area contributed by atoms with E-state index in [0.29, 0.717) is 5.56 Å². The predicted molar refractivity (Wildman–Crippen MR) is 59.0 cm³/mol. The van der Waals surface area contributed by atoms with Gasteiger partial charge in [-0.15, -0.1) is 11.8 Å². The van der Waals surface area contributed by atoms with Gasteiger partial charge in [-0.2, -0.15) is 0 Å². The third-order valence-electron chi connectivity index (χ3n) is 1.36. The monoisotopic (exact) mass is 308 g/mol. The lowest BCUT2D eigenvalue weighted by Gasteiger charge is -2.04. The SMILES string of the molecule is CSc1c(Br)cc(C=O)cc1Br. The molecule has 0 aliphatic carbocycles. The van der Waals surface area contributed by atoms with Crippen LogP contribution in [0.1, 0.15) is 10.4 Å². The highest BCUT2D eigenvalue weighted by molar-refractivity contribution is 9.11. The molecular formula is C8H6Br2OS.